The van der Waals surface area contributed by atoms with Crippen LogP contribution in [0.3, 0.4) is 0 Å². The van der Waals surface area contributed by atoms with Crippen LogP contribution in [0.4, 0.5) is 4.79 Å². The Morgan fingerprint density at radius 3 is 2.06 bits per heavy atom. The zero-order valence-corrected chi connectivity index (χ0v) is 31.8. The van der Waals surface area contributed by atoms with Gasteiger partial charge < -0.3 is 0 Å². The van der Waals surface area contributed by atoms with E-state index >= 15 is 0 Å². The monoisotopic (exact) mass is 871 g/mol. The number of benzene rings is 5. The van der Waals surface area contributed by atoms with Crippen LogP contribution in [0.5, 0.6) is 5.75 Å². The molecule has 5 aromatic rings. The summed E-state index contributed by atoms with van der Waals surface area (Å²) in [4.78, 5) is 26.7. The molecule has 0 bridgehead atoms. The van der Waals surface area contributed by atoms with E-state index in [1.807, 2.05) is 67.6 Å². The second-order valence-corrected chi connectivity index (χ2v) is 18.4. The van der Waals surface area contributed by atoms with Gasteiger partial charge in [0, 0.05) is 0 Å². The molecule has 1 amide bonds. The molecule has 9 nitrogen and oxygen atoms in total. The number of hydrogen-bond acceptors (Lipinski definition) is 8. The Morgan fingerprint density at radius 2 is 1.42 bits per heavy atom. The van der Waals surface area contributed by atoms with Crippen LogP contribution in [0.25, 0.3) is 0 Å². The molecule has 0 aliphatic rings. The summed E-state index contributed by atoms with van der Waals surface area (Å²) in [5.74, 6) is -0.155. The fraction of sp³-hybridized carbons (Fsp3) is 0.158. The molecule has 5 aromatic carbocycles. The van der Waals surface area contributed by atoms with E-state index < -0.39 is 48.5 Å². The second kappa shape index (κ2) is 17.6. The standard InChI is InChI=1S/C38H35BrINO8S/c1-27-16-20-34(21-17-27)50(44,45)49-40(32-14-9-15-33(24-32)46-2)35-23-31(39)19-18-30(35)22-36(37(42)47-25-28-10-5-3-6-11-28)41-38(43)48-26-29-12-7-4-8-13-29/h3-21,23-24,36H,22,25-26H2,1-2H3,(H,41,43). The van der Waals surface area contributed by atoms with Crippen molar-refractivity contribution in [1.82, 2.24) is 5.32 Å². The second-order valence-electron chi connectivity index (χ2n) is 11.0. The van der Waals surface area contributed by atoms with Crippen LogP contribution in [0.1, 0.15) is 22.3 Å². The Balaban J connectivity index is 1.50. The molecule has 5 rings (SSSR count). The Labute approximate surface area is 308 Å². The molecule has 12 heteroatoms. The molecule has 260 valence electrons. The third-order valence-electron chi connectivity index (χ3n) is 7.32. The van der Waals surface area contributed by atoms with Gasteiger partial charge in [0.2, 0.25) is 0 Å². The van der Waals surface area contributed by atoms with Crippen molar-refractivity contribution in [1.29, 1.82) is 0 Å². The van der Waals surface area contributed by atoms with Crippen LogP contribution in [0, 0.1) is 14.1 Å². The van der Waals surface area contributed by atoms with E-state index in [1.54, 1.807) is 54.6 Å². The average Bonchev–Trinajstić information content (AvgIpc) is 3.13. The molecule has 0 aliphatic heterocycles. The van der Waals surface area contributed by atoms with Crippen molar-refractivity contribution in [3.05, 3.63) is 161 Å². The number of halogens is 2. The van der Waals surface area contributed by atoms with Crippen molar-refractivity contribution in [3.63, 3.8) is 0 Å². The Hall–Kier alpha value is -4.24. The number of rotatable bonds is 14. The first kappa shape index (κ1) is 37.0. The molecule has 50 heavy (non-hydrogen) atoms. The van der Waals surface area contributed by atoms with Gasteiger partial charge in [0.25, 0.3) is 0 Å². The van der Waals surface area contributed by atoms with Crippen LogP contribution in [-0.4, -0.2) is 33.6 Å². The Kier molecular flexibility index (Phi) is 13.0. The predicted molar refractivity (Wildman–Crippen MR) is 201 cm³/mol. The zero-order valence-electron chi connectivity index (χ0n) is 27.3. The molecular weight excluding hydrogens is 837 g/mol. The van der Waals surface area contributed by atoms with E-state index in [-0.39, 0.29) is 24.5 Å². The number of aryl methyl sites for hydroxylation is 1. The van der Waals surface area contributed by atoms with E-state index in [0.717, 1.165) is 16.7 Å². The molecule has 1 N–H and O–H groups in total. The first-order valence-corrected chi connectivity index (χ1v) is 20.7. The third-order valence-corrected chi connectivity index (χ3v) is 15.3. The molecule has 0 fully saturated rings. The topological polar surface area (TPSA) is 117 Å². The molecule has 0 radical (unpaired) electrons. The van der Waals surface area contributed by atoms with Crippen molar-refractivity contribution < 1.29 is 34.7 Å². The SMILES string of the molecule is COc1cccc(I(OS(=O)(=O)c2ccc(C)cc2)c2cc(Br)ccc2CC(NC(=O)OCc2ccccc2)C(=O)OCc2ccccc2)c1. The summed E-state index contributed by atoms with van der Waals surface area (Å²) < 4.78 is 52.2. The van der Waals surface area contributed by atoms with E-state index in [2.05, 4.69) is 21.2 Å². The van der Waals surface area contributed by atoms with Gasteiger partial charge in [-0.3, -0.25) is 0 Å². The number of amides is 1. The van der Waals surface area contributed by atoms with Crippen LogP contribution < -0.4 is 10.1 Å². The van der Waals surface area contributed by atoms with Crippen molar-refractivity contribution in [2.24, 2.45) is 0 Å². The van der Waals surface area contributed by atoms with Crippen LogP contribution >= 0.6 is 36.2 Å². The van der Waals surface area contributed by atoms with Crippen LogP contribution in [0.2, 0.25) is 0 Å². The van der Waals surface area contributed by atoms with Gasteiger partial charge in [0.15, 0.2) is 0 Å². The number of alkyl carbamates (subject to hydrolysis) is 1. The molecule has 0 spiro atoms. The van der Waals surface area contributed by atoms with Crippen molar-refractivity contribution in [2.45, 2.75) is 37.5 Å². The van der Waals surface area contributed by atoms with Gasteiger partial charge >= 0.3 is 310 Å². The number of ether oxygens (including phenoxy) is 3. The van der Waals surface area contributed by atoms with Gasteiger partial charge in [-0.1, -0.05) is 0 Å². The first-order valence-electron chi connectivity index (χ1n) is 15.4. The number of carbonyl (C=O) groups is 2. The quantitative estimate of drug-likeness (QED) is 0.0878. The van der Waals surface area contributed by atoms with Gasteiger partial charge in [0.05, 0.1) is 0 Å². The number of methoxy groups -OCH3 is 1. The molecule has 0 aliphatic carbocycles. The van der Waals surface area contributed by atoms with E-state index in [9.17, 15) is 18.0 Å². The minimum atomic E-state index is -4.23. The van der Waals surface area contributed by atoms with Gasteiger partial charge in [0.1, 0.15) is 0 Å². The molecule has 0 saturated heterocycles. The molecule has 0 heterocycles. The summed E-state index contributed by atoms with van der Waals surface area (Å²) in [5.41, 5.74) is 3.05. The van der Waals surface area contributed by atoms with Crippen LogP contribution in [-0.2, 0) is 46.5 Å². The number of esters is 1. The summed E-state index contributed by atoms with van der Waals surface area (Å²) in [6.07, 6.45) is -0.849. The van der Waals surface area contributed by atoms with E-state index in [1.165, 1.54) is 19.2 Å². The van der Waals surface area contributed by atoms with Crippen molar-refractivity contribution in [2.75, 3.05) is 7.11 Å². The maximum absolute atomic E-state index is 13.8. The number of nitrogens with one attached hydrogen (secondary N) is 1. The van der Waals surface area contributed by atoms with E-state index in [4.69, 9.17) is 16.7 Å². The summed E-state index contributed by atoms with van der Waals surface area (Å²) in [7, 11) is -2.70. The zero-order chi connectivity index (χ0) is 35.5. The summed E-state index contributed by atoms with van der Waals surface area (Å²) in [6, 6.07) is 36.0. The van der Waals surface area contributed by atoms with Gasteiger partial charge in [-0.2, -0.15) is 0 Å². The average molecular weight is 873 g/mol. The fourth-order valence-electron chi connectivity index (χ4n) is 4.71. The molecule has 1 unspecified atom stereocenters. The Bertz CT molecular complexity index is 2010. The van der Waals surface area contributed by atoms with Gasteiger partial charge in [-0.15, -0.1) is 0 Å². The summed E-state index contributed by atoms with van der Waals surface area (Å²) >= 11 is 0.187. The van der Waals surface area contributed by atoms with Crippen molar-refractivity contribution in [3.8, 4) is 5.75 Å². The molecule has 0 saturated carbocycles. The molecule has 0 aromatic heterocycles. The van der Waals surface area contributed by atoms with E-state index in [0.29, 0.717) is 22.9 Å². The molecule has 1 atom stereocenters. The van der Waals surface area contributed by atoms with Crippen LogP contribution in [0.15, 0.2) is 137 Å². The van der Waals surface area contributed by atoms with Gasteiger partial charge in [-0.25, -0.2) is 0 Å². The van der Waals surface area contributed by atoms with Crippen molar-refractivity contribution >= 4 is 58.3 Å². The summed E-state index contributed by atoms with van der Waals surface area (Å²) in [5, 5.41) is 2.68. The normalized spacial score (nSPS) is 12.0. The number of hydrogen-bond donors (Lipinski definition) is 1. The predicted octanol–water partition coefficient (Wildman–Crippen LogP) is 8.21. The number of carbonyl (C=O) groups excluding carboxylic acids is 2. The minimum absolute atomic E-state index is 0.00157. The fourth-order valence-corrected chi connectivity index (χ4v) is 13.0. The molecular formula is C38H35BrINO8S. The first-order chi connectivity index (χ1) is 24.1. The van der Waals surface area contributed by atoms with Gasteiger partial charge in [-0.05, 0) is 0 Å². The third kappa shape index (κ3) is 10.4. The summed E-state index contributed by atoms with van der Waals surface area (Å²) in [6.45, 7) is 1.86. The maximum atomic E-state index is 13.8. The Morgan fingerprint density at radius 1 is 0.780 bits per heavy atom.